The highest BCUT2D eigenvalue weighted by molar-refractivity contribution is 7.92. The van der Waals surface area contributed by atoms with E-state index in [2.05, 4.69) is 34.1 Å². The molecular formula is C21H23N3O3S. The zero-order valence-electron chi connectivity index (χ0n) is 16.1. The van der Waals surface area contributed by atoms with Gasteiger partial charge in [-0.1, -0.05) is 19.1 Å². The molecule has 0 bridgehead atoms. The van der Waals surface area contributed by atoms with E-state index < -0.39 is 10.0 Å². The topological polar surface area (TPSA) is 80.3 Å². The molecular weight excluding hydrogens is 374 g/mol. The number of sulfonamides is 1. The summed E-state index contributed by atoms with van der Waals surface area (Å²) in [6.45, 7) is 3.91. The Morgan fingerprint density at radius 3 is 2.29 bits per heavy atom. The Morgan fingerprint density at radius 1 is 1.00 bits per heavy atom. The lowest BCUT2D eigenvalue weighted by Crippen LogP contribution is -2.14. The van der Waals surface area contributed by atoms with E-state index in [1.165, 1.54) is 11.6 Å². The molecule has 0 aliphatic rings. The summed E-state index contributed by atoms with van der Waals surface area (Å²) in [6.07, 6.45) is 2.58. The molecule has 0 atom stereocenters. The molecule has 0 saturated heterocycles. The van der Waals surface area contributed by atoms with Crippen LogP contribution in [0.3, 0.4) is 0 Å². The third-order valence-corrected chi connectivity index (χ3v) is 5.68. The predicted octanol–water partition coefficient (Wildman–Crippen LogP) is 4.51. The summed E-state index contributed by atoms with van der Waals surface area (Å²) in [7, 11) is -2.18. The van der Waals surface area contributed by atoms with Gasteiger partial charge in [-0.3, -0.25) is 4.72 Å². The SMILES string of the molecule is CCc1ccc(Nc2ccc(NS(=O)(=O)c3ccc(OC)c(C)c3)nc2)cc1. The Hall–Kier alpha value is -3.06. The van der Waals surface area contributed by atoms with Gasteiger partial charge in [-0.15, -0.1) is 0 Å². The van der Waals surface area contributed by atoms with Crippen molar-refractivity contribution in [3.05, 3.63) is 71.9 Å². The van der Waals surface area contributed by atoms with E-state index in [-0.39, 0.29) is 10.7 Å². The molecule has 146 valence electrons. The maximum atomic E-state index is 12.6. The summed E-state index contributed by atoms with van der Waals surface area (Å²) in [4.78, 5) is 4.36. The van der Waals surface area contributed by atoms with Crippen molar-refractivity contribution >= 4 is 27.2 Å². The standard InChI is InChI=1S/C21H23N3O3S/c1-4-16-5-7-17(8-6-16)23-18-9-12-21(22-14-18)24-28(25,26)19-10-11-20(27-3)15(2)13-19/h5-14,23H,4H2,1-3H3,(H,22,24). The molecule has 0 amide bonds. The molecule has 2 N–H and O–H groups in total. The summed E-state index contributed by atoms with van der Waals surface area (Å²) < 4.78 is 32.8. The van der Waals surface area contributed by atoms with Crippen LogP contribution in [-0.2, 0) is 16.4 Å². The van der Waals surface area contributed by atoms with Gasteiger partial charge in [0.05, 0.1) is 23.9 Å². The molecule has 0 fully saturated rings. The largest absolute Gasteiger partial charge is 0.496 e. The number of rotatable bonds is 7. The third-order valence-electron chi connectivity index (χ3n) is 4.33. The van der Waals surface area contributed by atoms with Crippen molar-refractivity contribution in [2.45, 2.75) is 25.2 Å². The smallest absolute Gasteiger partial charge is 0.263 e. The van der Waals surface area contributed by atoms with E-state index in [0.29, 0.717) is 5.75 Å². The Balaban J connectivity index is 1.71. The van der Waals surface area contributed by atoms with Crippen LogP contribution in [0, 0.1) is 6.92 Å². The number of nitrogens with one attached hydrogen (secondary N) is 2. The number of hydrogen-bond donors (Lipinski definition) is 2. The van der Waals surface area contributed by atoms with Crippen molar-refractivity contribution < 1.29 is 13.2 Å². The van der Waals surface area contributed by atoms with E-state index >= 15 is 0 Å². The second kappa shape index (κ2) is 8.31. The number of benzene rings is 2. The number of methoxy groups -OCH3 is 1. The fraction of sp³-hybridized carbons (Fsp3) is 0.190. The minimum absolute atomic E-state index is 0.158. The van der Waals surface area contributed by atoms with E-state index in [4.69, 9.17) is 4.74 Å². The van der Waals surface area contributed by atoms with Gasteiger partial charge in [0.25, 0.3) is 10.0 Å². The second-order valence-electron chi connectivity index (χ2n) is 6.34. The number of hydrogen-bond acceptors (Lipinski definition) is 5. The number of ether oxygens (including phenoxy) is 1. The summed E-state index contributed by atoms with van der Waals surface area (Å²) in [5, 5.41) is 3.24. The lowest BCUT2D eigenvalue weighted by atomic mass is 10.1. The third kappa shape index (κ3) is 4.61. The van der Waals surface area contributed by atoms with Crippen molar-refractivity contribution in [2.75, 3.05) is 17.1 Å². The van der Waals surface area contributed by atoms with Gasteiger partial charge < -0.3 is 10.1 Å². The molecule has 0 aliphatic carbocycles. The first kappa shape index (κ1) is 19.7. The first-order valence-corrected chi connectivity index (χ1v) is 10.4. The van der Waals surface area contributed by atoms with Crippen LogP contribution in [0.25, 0.3) is 0 Å². The van der Waals surface area contributed by atoms with Crippen LogP contribution < -0.4 is 14.8 Å². The minimum atomic E-state index is -3.73. The molecule has 1 aromatic heterocycles. The molecule has 0 spiro atoms. The summed E-state index contributed by atoms with van der Waals surface area (Å²) in [5.74, 6) is 0.889. The Morgan fingerprint density at radius 2 is 1.71 bits per heavy atom. The van der Waals surface area contributed by atoms with Gasteiger partial charge in [0.2, 0.25) is 0 Å². The quantitative estimate of drug-likeness (QED) is 0.613. The van der Waals surface area contributed by atoms with Crippen molar-refractivity contribution in [1.29, 1.82) is 0 Å². The minimum Gasteiger partial charge on any atom is -0.496 e. The van der Waals surface area contributed by atoms with Crippen molar-refractivity contribution in [3.63, 3.8) is 0 Å². The molecule has 7 heteroatoms. The Bertz CT molecular complexity index is 1050. The molecule has 3 rings (SSSR count). The van der Waals surface area contributed by atoms with Crippen molar-refractivity contribution in [3.8, 4) is 5.75 Å². The van der Waals surface area contributed by atoms with E-state index in [9.17, 15) is 8.42 Å². The zero-order chi connectivity index (χ0) is 20.1. The monoisotopic (exact) mass is 397 g/mol. The summed E-state index contributed by atoms with van der Waals surface area (Å²) in [5.41, 5.74) is 3.72. The highest BCUT2D eigenvalue weighted by atomic mass is 32.2. The van der Waals surface area contributed by atoms with Gasteiger partial charge >= 0.3 is 0 Å². The van der Waals surface area contributed by atoms with Gasteiger partial charge in [0.1, 0.15) is 11.6 Å². The lowest BCUT2D eigenvalue weighted by Gasteiger charge is -2.11. The maximum Gasteiger partial charge on any atom is 0.263 e. The highest BCUT2D eigenvalue weighted by Gasteiger charge is 2.16. The van der Waals surface area contributed by atoms with Crippen LogP contribution in [-0.4, -0.2) is 20.5 Å². The first-order chi connectivity index (χ1) is 13.4. The van der Waals surface area contributed by atoms with Gasteiger partial charge in [-0.25, -0.2) is 13.4 Å². The average molecular weight is 398 g/mol. The van der Waals surface area contributed by atoms with Crippen LogP contribution in [0.15, 0.2) is 65.7 Å². The average Bonchev–Trinajstić information content (AvgIpc) is 2.70. The van der Waals surface area contributed by atoms with Crippen LogP contribution in [0.1, 0.15) is 18.1 Å². The van der Waals surface area contributed by atoms with Crippen molar-refractivity contribution in [1.82, 2.24) is 4.98 Å². The molecule has 1 heterocycles. The van der Waals surface area contributed by atoms with Crippen LogP contribution in [0.5, 0.6) is 5.75 Å². The fourth-order valence-electron chi connectivity index (χ4n) is 2.73. The normalized spacial score (nSPS) is 11.1. The molecule has 6 nitrogen and oxygen atoms in total. The Labute approximate surface area is 165 Å². The lowest BCUT2D eigenvalue weighted by molar-refractivity contribution is 0.411. The molecule has 0 unspecified atom stereocenters. The van der Waals surface area contributed by atoms with E-state index in [0.717, 1.165) is 23.4 Å². The molecule has 0 saturated carbocycles. The van der Waals surface area contributed by atoms with Gasteiger partial charge in [0.15, 0.2) is 0 Å². The highest BCUT2D eigenvalue weighted by Crippen LogP contribution is 2.23. The predicted molar refractivity (Wildman–Crippen MR) is 112 cm³/mol. The molecule has 0 radical (unpaired) electrons. The van der Waals surface area contributed by atoms with E-state index in [1.54, 1.807) is 44.5 Å². The van der Waals surface area contributed by atoms with Crippen LogP contribution in [0.4, 0.5) is 17.2 Å². The number of pyridine rings is 1. The molecule has 3 aromatic rings. The molecule has 2 aromatic carbocycles. The number of nitrogens with zero attached hydrogens (tertiary/aromatic N) is 1. The summed E-state index contributed by atoms with van der Waals surface area (Å²) >= 11 is 0. The van der Waals surface area contributed by atoms with Crippen molar-refractivity contribution in [2.24, 2.45) is 0 Å². The first-order valence-electron chi connectivity index (χ1n) is 8.91. The summed E-state index contributed by atoms with van der Waals surface area (Å²) in [6, 6.07) is 16.2. The number of anilines is 3. The van der Waals surface area contributed by atoms with E-state index in [1.807, 2.05) is 12.1 Å². The number of aromatic nitrogens is 1. The fourth-order valence-corrected chi connectivity index (χ4v) is 3.83. The second-order valence-corrected chi connectivity index (χ2v) is 8.03. The Kier molecular flexibility index (Phi) is 5.84. The van der Waals surface area contributed by atoms with Gasteiger partial charge in [-0.2, -0.15) is 0 Å². The van der Waals surface area contributed by atoms with Gasteiger partial charge in [0, 0.05) is 5.69 Å². The number of aryl methyl sites for hydroxylation is 2. The van der Waals surface area contributed by atoms with Crippen LogP contribution in [0.2, 0.25) is 0 Å². The zero-order valence-corrected chi connectivity index (χ0v) is 16.9. The van der Waals surface area contributed by atoms with Crippen LogP contribution >= 0.6 is 0 Å². The van der Waals surface area contributed by atoms with Gasteiger partial charge in [-0.05, 0) is 66.9 Å². The molecule has 28 heavy (non-hydrogen) atoms. The molecule has 0 aliphatic heterocycles. The maximum absolute atomic E-state index is 12.6.